The predicted molar refractivity (Wildman–Crippen MR) is 76.3 cm³/mol. The monoisotopic (exact) mass is 261 g/mol. The Labute approximate surface area is 115 Å². The number of nitrogens with one attached hydrogen (secondary N) is 1. The van der Waals surface area contributed by atoms with Crippen LogP contribution in [0.3, 0.4) is 0 Å². The number of aromatic amines is 1. The Kier molecular flexibility index (Phi) is 3.02. The molecule has 0 spiro atoms. The Bertz CT molecular complexity index is 847. The molecule has 0 saturated heterocycles. The van der Waals surface area contributed by atoms with Gasteiger partial charge in [0.1, 0.15) is 11.6 Å². The Morgan fingerprint density at radius 2 is 1.75 bits per heavy atom. The minimum Gasteiger partial charge on any atom is -0.319 e. The second kappa shape index (κ2) is 4.98. The van der Waals surface area contributed by atoms with Crippen molar-refractivity contribution in [2.75, 3.05) is 0 Å². The van der Waals surface area contributed by atoms with Crippen molar-refractivity contribution in [3.63, 3.8) is 0 Å². The van der Waals surface area contributed by atoms with E-state index < -0.39 is 5.92 Å². The lowest BCUT2D eigenvalue weighted by molar-refractivity contribution is 0.938. The molecule has 0 fully saturated rings. The molecule has 0 radical (unpaired) electrons. The lowest BCUT2D eigenvalue weighted by Crippen LogP contribution is -2.18. The van der Waals surface area contributed by atoms with Crippen LogP contribution in [-0.2, 0) is 0 Å². The maximum atomic E-state index is 12.1. The highest BCUT2D eigenvalue weighted by Gasteiger charge is 2.19. The SMILES string of the molecule is N#C[C@@H](c1ccccc1)c1nc2ccccc2[nH]c1=O. The molecule has 1 heterocycles. The van der Waals surface area contributed by atoms with E-state index in [-0.39, 0.29) is 11.3 Å². The maximum absolute atomic E-state index is 12.1. The zero-order valence-corrected chi connectivity index (χ0v) is 10.6. The molecule has 0 aliphatic carbocycles. The van der Waals surface area contributed by atoms with Gasteiger partial charge in [-0.2, -0.15) is 5.26 Å². The van der Waals surface area contributed by atoms with Gasteiger partial charge < -0.3 is 4.98 Å². The standard InChI is InChI=1S/C16H11N3O/c17-10-12(11-6-2-1-3-7-11)15-16(20)19-14-9-5-4-8-13(14)18-15/h1-9,12H,(H,19,20)/t12-/m0/s1. The topological polar surface area (TPSA) is 69.5 Å². The number of para-hydroxylation sites is 2. The summed E-state index contributed by atoms with van der Waals surface area (Å²) in [6, 6.07) is 18.6. The van der Waals surface area contributed by atoms with Gasteiger partial charge in [0, 0.05) is 0 Å². The van der Waals surface area contributed by atoms with Crippen LogP contribution in [0, 0.1) is 11.3 Å². The number of nitrogens with zero attached hydrogens (tertiary/aromatic N) is 2. The van der Waals surface area contributed by atoms with E-state index in [1.54, 1.807) is 6.07 Å². The fraction of sp³-hybridized carbons (Fsp3) is 0.0625. The first-order valence-electron chi connectivity index (χ1n) is 6.23. The van der Waals surface area contributed by atoms with Crippen LogP contribution in [0.15, 0.2) is 59.4 Å². The Hall–Kier alpha value is -2.93. The molecule has 0 amide bonds. The fourth-order valence-electron chi connectivity index (χ4n) is 2.18. The third-order valence-corrected chi connectivity index (χ3v) is 3.16. The van der Waals surface area contributed by atoms with E-state index >= 15 is 0 Å². The summed E-state index contributed by atoms with van der Waals surface area (Å²) in [4.78, 5) is 19.3. The van der Waals surface area contributed by atoms with Crippen molar-refractivity contribution in [2.45, 2.75) is 5.92 Å². The van der Waals surface area contributed by atoms with Crippen molar-refractivity contribution >= 4 is 11.0 Å². The highest BCUT2D eigenvalue weighted by Crippen LogP contribution is 2.20. The number of hydrogen-bond acceptors (Lipinski definition) is 3. The molecule has 4 heteroatoms. The van der Waals surface area contributed by atoms with Gasteiger partial charge in [0.15, 0.2) is 0 Å². The van der Waals surface area contributed by atoms with Crippen molar-refractivity contribution in [3.8, 4) is 6.07 Å². The first kappa shape index (κ1) is 12.1. The van der Waals surface area contributed by atoms with E-state index in [4.69, 9.17) is 0 Å². The van der Waals surface area contributed by atoms with E-state index in [9.17, 15) is 10.1 Å². The molecule has 20 heavy (non-hydrogen) atoms. The van der Waals surface area contributed by atoms with E-state index in [0.29, 0.717) is 11.0 Å². The lowest BCUT2D eigenvalue weighted by Gasteiger charge is -2.08. The summed E-state index contributed by atoms with van der Waals surface area (Å²) in [5, 5.41) is 9.39. The average molecular weight is 261 g/mol. The van der Waals surface area contributed by atoms with Gasteiger partial charge >= 0.3 is 0 Å². The molecule has 0 aliphatic heterocycles. The summed E-state index contributed by atoms with van der Waals surface area (Å²) < 4.78 is 0. The Morgan fingerprint density at radius 3 is 2.50 bits per heavy atom. The molecule has 0 saturated carbocycles. The van der Waals surface area contributed by atoms with Gasteiger partial charge in [-0.05, 0) is 17.7 Å². The maximum Gasteiger partial charge on any atom is 0.271 e. The molecule has 1 atom stereocenters. The number of benzene rings is 2. The van der Waals surface area contributed by atoms with Gasteiger partial charge in [-0.15, -0.1) is 0 Å². The zero-order valence-electron chi connectivity index (χ0n) is 10.6. The summed E-state index contributed by atoms with van der Waals surface area (Å²) >= 11 is 0. The van der Waals surface area contributed by atoms with Crippen molar-refractivity contribution in [1.29, 1.82) is 5.26 Å². The predicted octanol–water partition coefficient (Wildman–Crippen LogP) is 2.58. The van der Waals surface area contributed by atoms with Crippen LogP contribution in [0.5, 0.6) is 0 Å². The molecule has 0 aliphatic rings. The van der Waals surface area contributed by atoms with Crippen molar-refractivity contribution < 1.29 is 0 Å². The summed E-state index contributed by atoms with van der Waals surface area (Å²) in [7, 11) is 0. The van der Waals surface area contributed by atoms with Gasteiger partial charge in [-0.3, -0.25) is 4.79 Å². The highest BCUT2D eigenvalue weighted by atomic mass is 16.1. The second-order valence-electron chi connectivity index (χ2n) is 4.44. The quantitative estimate of drug-likeness (QED) is 0.770. The van der Waals surface area contributed by atoms with Gasteiger partial charge in [0.2, 0.25) is 0 Å². The van der Waals surface area contributed by atoms with Gasteiger partial charge in [-0.25, -0.2) is 4.98 Å². The third kappa shape index (κ3) is 2.06. The number of fused-ring (bicyclic) bond motifs is 1. The van der Waals surface area contributed by atoms with Gasteiger partial charge in [0.25, 0.3) is 5.56 Å². The first-order valence-corrected chi connectivity index (χ1v) is 6.23. The molecule has 1 aromatic heterocycles. The molecular formula is C16H11N3O. The summed E-state index contributed by atoms with van der Waals surface area (Å²) in [6.45, 7) is 0. The molecule has 96 valence electrons. The average Bonchev–Trinajstić information content (AvgIpc) is 2.49. The third-order valence-electron chi connectivity index (χ3n) is 3.16. The van der Waals surface area contributed by atoms with Crippen LogP contribution < -0.4 is 5.56 Å². The smallest absolute Gasteiger partial charge is 0.271 e. The van der Waals surface area contributed by atoms with Crippen LogP contribution in [0.4, 0.5) is 0 Å². The molecule has 0 unspecified atom stereocenters. The normalized spacial score (nSPS) is 11.9. The van der Waals surface area contributed by atoms with E-state index in [2.05, 4.69) is 16.0 Å². The molecule has 3 aromatic rings. The zero-order chi connectivity index (χ0) is 13.9. The number of hydrogen-bond donors (Lipinski definition) is 1. The molecule has 1 N–H and O–H groups in total. The minimum absolute atomic E-state index is 0.234. The molecule has 2 aromatic carbocycles. The highest BCUT2D eigenvalue weighted by molar-refractivity contribution is 5.73. The number of rotatable bonds is 2. The number of H-pyrrole nitrogens is 1. The summed E-state index contributed by atoms with van der Waals surface area (Å²) in [5.74, 6) is -0.662. The van der Waals surface area contributed by atoms with E-state index in [1.807, 2.05) is 48.5 Å². The summed E-state index contributed by atoms with van der Waals surface area (Å²) in [6.07, 6.45) is 0. The van der Waals surface area contributed by atoms with Crippen LogP contribution in [-0.4, -0.2) is 9.97 Å². The van der Waals surface area contributed by atoms with E-state index in [0.717, 1.165) is 5.56 Å². The van der Waals surface area contributed by atoms with Gasteiger partial charge in [0.05, 0.1) is 17.1 Å². The summed E-state index contributed by atoms with van der Waals surface area (Å²) in [5.41, 5.74) is 2.03. The van der Waals surface area contributed by atoms with Crippen LogP contribution >= 0.6 is 0 Å². The molecule has 4 nitrogen and oxygen atoms in total. The minimum atomic E-state index is -0.662. The van der Waals surface area contributed by atoms with Gasteiger partial charge in [-0.1, -0.05) is 42.5 Å². The Balaban J connectivity index is 2.20. The molecule has 0 bridgehead atoms. The van der Waals surface area contributed by atoms with E-state index in [1.165, 1.54) is 0 Å². The van der Waals surface area contributed by atoms with Crippen LogP contribution in [0.25, 0.3) is 11.0 Å². The molecule has 3 rings (SSSR count). The Morgan fingerprint density at radius 1 is 1.05 bits per heavy atom. The van der Waals surface area contributed by atoms with Crippen molar-refractivity contribution in [2.24, 2.45) is 0 Å². The fourth-order valence-corrected chi connectivity index (χ4v) is 2.18. The van der Waals surface area contributed by atoms with Crippen LogP contribution in [0.2, 0.25) is 0 Å². The van der Waals surface area contributed by atoms with Crippen molar-refractivity contribution in [1.82, 2.24) is 9.97 Å². The van der Waals surface area contributed by atoms with Crippen molar-refractivity contribution in [3.05, 3.63) is 76.2 Å². The lowest BCUT2D eigenvalue weighted by atomic mass is 9.97. The molecular weight excluding hydrogens is 250 g/mol. The number of nitriles is 1. The number of aromatic nitrogens is 2. The van der Waals surface area contributed by atoms with Crippen LogP contribution in [0.1, 0.15) is 17.2 Å². The largest absolute Gasteiger partial charge is 0.319 e. The first-order chi connectivity index (χ1) is 9.79. The second-order valence-corrected chi connectivity index (χ2v) is 4.44.